The highest BCUT2D eigenvalue weighted by Crippen LogP contribution is 2.47. The molecule has 1 aliphatic carbocycles. The molecule has 160 valence electrons. The summed E-state index contributed by atoms with van der Waals surface area (Å²) in [6.45, 7) is 15.8. The molecule has 2 aliphatic heterocycles. The molecule has 1 aromatic carbocycles. The molecule has 0 fully saturated rings. The van der Waals surface area contributed by atoms with E-state index in [1.807, 2.05) is 6.92 Å². The standard InChI is InChI=1S/C28H31FN2/c1-6-10-20-17(5)31-15-23-21-12-9-11-19-16(4)24(29)14-25(27(19)21)30-28(23)26(31)13-22(20)18(7-2)8-3/h7,13-14,18H,2,5-6,8-12,15H2,1,3-4H3. The Morgan fingerprint density at radius 2 is 2.00 bits per heavy atom. The summed E-state index contributed by atoms with van der Waals surface area (Å²) in [4.78, 5) is 7.40. The van der Waals surface area contributed by atoms with E-state index < -0.39 is 0 Å². The van der Waals surface area contributed by atoms with Gasteiger partial charge in [0.2, 0.25) is 0 Å². The first-order chi connectivity index (χ1) is 15.0. The number of pyridine rings is 1. The Morgan fingerprint density at radius 3 is 2.71 bits per heavy atom. The van der Waals surface area contributed by atoms with Crippen LogP contribution in [0.5, 0.6) is 0 Å². The maximum Gasteiger partial charge on any atom is 0.128 e. The number of rotatable bonds is 5. The number of hydrogen-bond donors (Lipinski definition) is 0. The predicted octanol–water partition coefficient (Wildman–Crippen LogP) is 7.16. The fourth-order valence-electron chi connectivity index (χ4n) is 5.81. The maximum atomic E-state index is 14.7. The van der Waals surface area contributed by atoms with Gasteiger partial charge in [-0.3, -0.25) is 0 Å². The van der Waals surface area contributed by atoms with Crippen molar-refractivity contribution in [2.75, 3.05) is 0 Å². The summed E-state index contributed by atoms with van der Waals surface area (Å²) in [7, 11) is 0. The van der Waals surface area contributed by atoms with E-state index in [0.717, 1.165) is 78.8 Å². The number of nitrogens with zero attached hydrogens (tertiary/aromatic N) is 2. The van der Waals surface area contributed by atoms with Gasteiger partial charge in [-0.2, -0.15) is 0 Å². The summed E-state index contributed by atoms with van der Waals surface area (Å²) >= 11 is 0. The molecule has 2 aromatic rings. The summed E-state index contributed by atoms with van der Waals surface area (Å²) in [5, 5.41) is 1.20. The zero-order valence-electron chi connectivity index (χ0n) is 18.9. The minimum Gasteiger partial charge on any atom is -0.335 e. The van der Waals surface area contributed by atoms with Crippen LogP contribution in [0.3, 0.4) is 0 Å². The largest absolute Gasteiger partial charge is 0.335 e. The van der Waals surface area contributed by atoms with Gasteiger partial charge in [-0.25, -0.2) is 9.37 Å². The molecule has 0 saturated heterocycles. The maximum absolute atomic E-state index is 14.7. The van der Waals surface area contributed by atoms with Crippen molar-refractivity contribution in [1.29, 1.82) is 0 Å². The van der Waals surface area contributed by atoms with E-state index in [0.29, 0.717) is 5.92 Å². The van der Waals surface area contributed by atoms with Crippen molar-refractivity contribution in [3.63, 3.8) is 0 Å². The van der Waals surface area contributed by atoms with Gasteiger partial charge in [-0.1, -0.05) is 32.9 Å². The van der Waals surface area contributed by atoms with Crippen molar-refractivity contribution in [1.82, 2.24) is 9.88 Å². The lowest BCUT2D eigenvalue weighted by atomic mass is 9.84. The van der Waals surface area contributed by atoms with Crippen molar-refractivity contribution < 1.29 is 4.39 Å². The van der Waals surface area contributed by atoms with Gasteiger partial charge in [0.25, 0.3) is 0 Å². The molecule has 0 bridgehead atoms. The van der Waals surface area contributed by atoms with Crippen LogP contribution in [0.4, 0.5) is 4.39 Å². The zero-order valence-corrected chi connectivity index (χ0v) is 18.9. The lowest BCUT2D eigenvalue weighted by molar-refractivity contribution is 0.499. The molecular formula is C28H31FN2. The average molecular weight is 415 g/mol. The third-order valence-corrected chi connectivity index (χ3v) is 7.46. The van der Waals surface area contributed by atoms with Crippen LogP contribution in [0.1, 0.15) is 67.5 Å². The number of aryl methyl sites for hydroxylation is 2. The molecule has 3 aliphatic rings. The molecule has 0 amide bonds. The zero-order chi connectivity index (χ0) is 21.9. The first-order valence-corrected chi connectivity index (χ1v) is 11.7. The SMILES string of the molecule is C=CC(CC)C1=C(CCC)C(=C)N2Cc3c(nc4cc(F)c(C)c5c4c3CCC5)C2=C1. The van der Waals surface area contributed by atoms with Gasteiger partial charge in [0, 0.05) is 28.6 Å². The number of fused-ring (bicyclic) bond motifs is 4. The Balaban J connectivity index is 1.76. The first kappa shape index (κ1) is 20.2. The van der Waals surface area contributed by atoms with Crippen molar-refractivity contribution >= 4 is 16.6 Å². The molecule has 1 aromatic heterocycles. The van der Waals surface area contributed by atoms with Crippen LogP contribution in [-0.4, -0.2) is 9.88 Å². The fourth-order valence-corrected chi connectivity index (χ4v) is 5.81. The molecule has 31 heavy (non-hydrogen) atoms. The Bertz CT molecular complexity index is 1200. The molecular weight excluding hydrogens is 383 g/mol. The molecule has 0 radical (unpaired) electrons. The highest BCUT2D eigenvalue weighted by atomic mass is 19.1. The van der Waals surface area contributed by atoms with Crippen molar-refractivity contribution in [3.8, 4) is 0 Å². The molecule has 0 spiro atoms. The summed E-state index contributed by atoms with van der Waals surface area (Å²) in [6, 6.07) is 1.64. The second kappa shape index (κ2) is 7.47. The molecule has 2 nitrogen and oxygen atoms in total. The Labute approximate surface area is 184 Å². The number of aromatic nitrogens is 1. The normalized spacial score (nSPS) is 18.3. The van der Waals surface area contributed by atoms with Crippen molar-refractivity contribution in [2.45, 2.75) is 65.8 Å². The lowest BCUT2D eigenvalue weighted by Crippen LogP contribution is -2.22. The predicted molar refractivity (Wildman–Crippen MR) is 127 cm³/mol. The molecule has 1 atom stereocenters. The van der Waals surface area contributed by atoms with E-state index in [2.05, 4.69) is 44.1 Å². The van der Waals surface area contributed by atoms with Gasteiger partial charge >= 0.3 is 0 Å². The second-order valence-electron chi connectivity index (χ2n) is 9.12. The van der Waals surface area contributed by atoms with Gasteiger partial charge < -0.3 is 4.90 Å². The third kappa shape index (κ3) is 2.86. The van der Waals surface area contributed by atoms with Crippen LogP contribution >= 0.6 is 0 Å². The number of benzene rings is 1. The van der Waals surface area contributed by atoms with Gasteiger partial charge in [-0.15, -0.1) is 6.58 Å². The number of allylic oxidation sites excluding steroid dienone is 4. The smallest absolute Gasteiger partial charge is 0.128 e. The van der Waals surface area contributed by atoms with Gasteiger partial charge in [-0.05, 0) is 72.9 Å². The Morgan fingerprint density at radius 1 is 1.23 bits per heavy atom. The molecule has 3 heterocycles. The van der Waals surface area contributed by atoms with E-state index >= 15 is 0 Å². The highest BCUT2D eigenvalue weighted by molar-refractivity contribution is 5.92. The summed E-state index contributed by atoms with van der Waals surface area (Å²) < 4.78 is 14.7. The Kier molecular flexibility index (Phi) is 4.88. The van der Waals surface area contributed by atoms with Gasteiger partial charge in [0.15, 0.2) is 0 Å². The van der Waals surface area contributed by atoms with Gasteiger partial charge in [0.1, 0.15) is 5.82 Å². The molecule has 0 saturated carbocycles. The van der Waals surface area contributed by atoms with Crippen LogP contribution in [0.15, 0.2) is 48.2 Å². The minimum absolute atomic E-state index is 0.136. The van der Waals surface area contributed by atoms with Crippen LogP contribution in [0, 0.1) is 18.7 Å². The quantitative estimate of drug-likeness (QED) is 0.482. The van der Waals surface area contributed by atoms with E-state index in [1.165, 1.54) is 27.7 Å². The first-order valence-electron chi connectivity index (χ1n) is 11.7. The van der Waals surface area contributed by atoms with E-state index in [-0.39, 0.29) is 5.82 Å². The monoisotopic (exact) mass is 414 g/mol. The molecule has 3 heteroatoms. The van der Waals surface area contributed by atoms with Crippen LogP contribution in [0.2, 0.25) is 0 Å². The fraction of sp³-hybridized carbons (Fsp3) is 0.393. The van der Waals surface area contributed by atoms with Gasteiger partial charge in [0.05, 0.1) is 23.5 Å². The van der Waals surface area contributed by atoms with Crippen molar-refractivity contribution in [2.24, 2.45) is 5.92 Å². The highest BCUT2D eigenvalue weighted by Gasteiger charge is 2.36. The van der Waals surface area contributed by atoms with Crippen LogP contribution in [0.25, 0.3) is 16.6 Å². The van der Waals surface area contributed by atoms with Crippen LogP contribution < -0.4 is 0 Å². The number of hydrogen-bond acceptors (Lipinski definition) is 2. The van der Waals surface area contributed by atoms with Crippen LogP contribution in [-0.2, 0) is 19.4 Å². The van der Waals surface area contributed by atoms with E-state index in [9.17, 15) is 4.39 Å². The third-order valence-electron chi connectivity index (χ3n) is 7.46. The average Bonchev–Trinajstić information content (AvgIpc) is 3.14. The minimum atomic E-state index is -0.136. The molecule has 5 rings (SSSR count). The summed E-state index contributed by atoms with van der Waals surface area (Å²) in [5.41, 5.74) is 11.4. The summed E-state index contributed by atoms with van der Waals surface area (Å²) in [6.07, 6.45) is 10.6. The number of halogens is 1. The Hall–Kier alpha value is -2.68. The second-order valence-corrected chi connectivity index (χ2v) is 9.12. The van der Waals surface area contributed by atoms with E-state index in [4.69, 9.17) is 4.98 Å². The van der Waals surface area contributed by atoms with E-state index in [1.54, 1.807) is 6.07 Å². The lowest BCUT2D eigenvalue weighted by Gasteiger charge is -2.32. The molecule has 0 N–H and O–H groups in total. The van der Waals surface area contributed by atoms with Crippen molar-refractivity contribution in [3.05, 3.63) is 82.0 Å². The topological polar surface area (TPSA) is 16.1 Å². The molecule has 1 unspecified atom stereocenters. The summed E-state index contributed by atoms with van der Waals surface area (Å²) in [5.74, 6) is 0.172.